The summed E-state index contributed by atoms with van der Waals surface area (Å²) in [7, 11) is 0. The molecule has 21 heavy (non-hydrogen) atoms. The molecule has 3 aromatic carbocycles. The first-order valence-corrected chi connectivity index (χ1v) is 6.43. The van der Waals surface area contributed by atoms with E-state index >= 15 is 0 Å². The van der Waals surface area contributed by atoms with Crippen molar-refractivity contribution in [2.24, 2.45) is 0 Å². The first-order valence-electron chi connectivity index (χ1n) is 6.43. The van der Waals surface area contributed by atoms with Gasteiger partial charge in [-0.2, -0.15) is 0 Å². The summed E-state index contributed by atoms with van der Waals surface area (Å²) in [6.45, 7) is 1.26. The van der Waals surface area contributed by atoms with Gasteiger partial charge in [0.25, 0.3) is 0 Å². The highest BCUT2D eigenvalue weighted by Crippen LogP contribution is 2.33. The molecule has 1 N–H and O–H groups in total. The quantitative estimate of drug-likeness (QED) is 0.442. The molecule has 0 aliphatic rings. The number of rotatable bonds is 2. The van der Waals surface area contributed by atoms with E-state index in [1.165, 1.54) is 13.0 Å². The van der Waals surface area contributed by atoms with Gasteiger partial charge < -0.3 is 9.84 Å². The summed E-state index contributed by atoms with van der Waals surface area (Å²) >= 11 is 0. The van der Waals surface area contributed by atoms with E-state index in [1.54, 1.807) is 6.07 Å². The fourth-order valence-electron chi connectivity index (χ4n) is 2.41. The van der Waals surface area contributed by atoms with Gasteiger partial charge in [0, 0.05) is 12.3 Å². The Bertz CT molecular complexity index is 880. The zero-order chi connectivity index (χ0) is 15.0. The third-order valence-corrected chi connectivity index (χ3v) is 3.31. The number of ether oxygens (including phenoxy) is 1. The fraction of sp³-hybridized carbons (Fsp3) is 0.0588. The number of carboxylic acid groups (broad SMARTS) is 1. The van der Waals surface area contributed by atoms with Crippen LogP contribution in [0.25, 0.3) is 21.5 Å². The van der Waals surface area contributed by atoms with Crippen LogP contribution in [-0.4, -0.2) is 17.0 Å². The standard InChI is InChI=1S/C17H12O4/c1-10(18)21-16-14(17(19)20)7-6-13-8-11-4-2-3-5-12(11)9-15(13)16/h2-9H,1H3,(H,19,20). The zero-order valence-electron chi connectivity index (χ0n) is 11.3. The molecule has 0 radical (unpaired) electrons. The van der Waals surface area contributed by atoms with Crippen LogP contribution in [0.5, 0.6) is 5.75 Å². The summed E-state index contributed by atoms with van der Waals surface area (Å²) in [5, 5.41) is 12.7. The topological polar surface area (TPSA) is 63.6 Å². The van der Waals surface area contributed by atoms with E-state index < -0.39 is 11.9 Å². The van der Waals surface area contributed by atoms with Crippen LogP contribution < -0.4 is 4.74 Å². The first-order chi connectivity index (χ1) is 10.1. The number of carbonyl (C=O) groups is 2. The summed E-state index contributed by atoms with van der Waals surface area (Å²) in [6.07, 6.45) is 0. The maximum atomic E-state index is 11.3. The molecule has 0 aliphatic carbocycles. The molecule has 0 aliphatic heterocycles. The van der Waals surface area contributed by atoms with Crippen molar-refractivity contribution in [3.05, 3.63) is 54.1 Å². The molecule has 0 bridgehead atoms. The van der Waals surface area contributed by atoms with Crippen molar-refractivity contribution in [3.63, 3.8) is 0 Å². The number of hydrogen-bond donors (Lipinski definition) is 1. The number of aromatic carboxylic acids is 1. The minimum absolute atomic E-state index is 0.0204. The summed E-state index contributed by atoms with van der Waals surface area (Å²) in [4.78, 5) is 22.6. The largest absolute Gasteiger partial charge is 0.478 e. The molecule has 3 aromatic rings. The average Bonchev–Trinajstić information content (AvgIpc) is 2.44. The number of carboxylic acids is 1. The van der Waals surface area contributed by atoms with Crippen LogP contribution in [0.2, 0.25) is 0 Å². The van der Waals surface area contributed by atoms with Crippen LogP contribution in [0.4, 0.5) is 0 Å². The second-order valence-electron chi connectivity index (χ2n) is 4.76. The van der Waals surface area contributed by atoms with Gasteiger partial charge in [-0.1, -0.05) is 30.3 Å². The molecule has 0 fully saturated rings. The Morgan fingerprint density at radius 1 is 0.952 bits per heavy atom. The molecule has 0 unspecified atom stereocenters. The molecule has 0 aromatic heterocycles. The van der Waals surface area contributed by atoms with Gasteiger partial charge in [0.15, 0.2) is 5.75 Å². The molecule has 0 atom stereocenters. The van der Waals surface area contributed by atoms with Crippen LogP contribution in [-0.2, 0) is 4.79 Å². The third-order valence-electron chi connectivity index (χ3n) is 3.31. The molecular formula is C17H12O4. The van der Waals surface area contributed by atoms with Crippen molar-refractivity contribution in [2.45, 2.75) is 6.92 Å². The molecule has 4 nitrogen and oxygen atoms in total. The lowest BCUT2D eigenvalue weighted by Gasteiger charge is -2.11. The Labute approximate surface area is 120 Å². The van der Waals surface area contributed by atoms with E-state index in [9.17, 15) is 14.7 Å². The summed E-state index contributed by atoms with van der Waals surface area (Å²) in [5.41, 5.74) is -0.0204. The van der Waals surface area contributed by atoms with Gasteiger partial charge in [-0.25, -0.2) is 4.79 Å². The minimum atomic E-state index is -1.12. The minimum Gasteiger partial charge on any atom is -0.478 e. The first kappa shape index (κ1) is 13.1. The molecule has 4 heteroatoms. The number of fused-ring (bicyclic) bond motifs is 2. The molecule has 3 rings (SSSR count). The Morgan fingerprint density at radius 2 is 1.62 bits per heavy atom. The molecule has 0 saturated heterocycles. The maximum Gasteiger partial charge on any atom is 0.339 e. The molecule has 104 valence electrons. The second-order valence-corrected chi connectivity index (χ2v) is 4.76. The van der Waals surface area contributed by atoms with Crippen molar-refractivity contribution >= 4 is 33.5 Å². The third kappa shape index (κ3) is 2.31. The molecule has 0 heterocycles. The zero-order valence-corrected chi connectivity index (χ0v) is 11.3. The van der Waals surface area contributed by atoms with Crippen molar-refractivity contribution in [2.75, 3.05) is 0 Å². The number of carbonyl (C=O) groups excluding carboxylic acids is 1. The van der Waals surface area contributed by atoms with Gasteiger partial charge in [0.05, 0.1) is 0 Å². The number of benzene rings is 3. The van der Waals surface area contributed by atoms with Gasteiger partial charge in [-0.15, -0.1) is 0 Å². The van der Waals surface area contributed by atoms with Gasteiger partial charge in [-0.3, -0.25) is 4.79 Å². The Balaban J connectivity index is 2.39. The predicted octanol–water partition coefficient (Wildman–Crippen LogP) is 3.62. The highest BCUT2D eigenvalue weighted by Gasteiger charge is 2.17. The SMILES string of the molecule is CC(=O)Oc1c(C(=O)O)ccc2cc3ccccc3cc12. The highest BCUT2D eigenvalue weighted by atomic mass is 16.5. The van der Waals surface area contributed by atoms with Crippen molar-refractivity contribution in [1.82, 2.24) is 0 Å². The van der Waals surface area contributed by atoms with Crippen LogP contribution in [0.3, 0.4) is 0 Å². The van der Waals surface area contributed by atoms with Crippen molar-refractivity contribution < 1.29 is 19.4 Å². The lowest BCUT2D eigenvalue weighted by atomic mass is 10.0. The monoisotopic (exact) mass is 280 g/mol. The molecular weight excluding hydrogens is 268 g/mol. The van der Waals surface area contributed by atoms with Crippen molar-refractivity contribution in [1.29, 1.82) is 0 Å². The number of hydrogen-bond acceptors (Lipinski definition) is 3. The van der Waals surface area contributed by atoms with E-state index in [2.05, 4.69) is 0 Å². The van der Waals surface area contributed by atoms with Crippen LogP contribution in [0, 0.1) is 0 Å². The summed E-state index contributed by atoms with van der Waals surface area (Å²) in [5.74, 6) is -1.57. The Kier molecular flexibility index (Phi) is 3.06. The second kappa shape index (κ2) is 4.90. The Morgan fingerprint density at radius 3 is 2.24 bits per heavy atom. The Hall–Kier alpha value is -2.88. The van der Waals surface area contributed by atoms with E-state index in [4.69, 9.17) is 4.74 Å². The fourth-order valence-corrected chi connectivity index (χ4v) is 2.41. The normalized spacial score (nSPS) is 10.7. The van der Waals surface area contributed by atoms with E-state index in [-0.39, 0.29) is 11.3 Å². The van der Waals surface area contributed by atoms with Crippen LogP contribution in [0.15, 0.2) is 48.5 Å². The van der Waals surface area contributed by atoms with E-state index in [1.807, 2.05) is 36.4 Å². The lowest BCUT2D eigenvalue weighted by molar-refractivity contribution is -0.131. The molecule has 0 saturated carbocycles. The van der Waals surface area contributed by atoms with E-state index in [0.717, 1.165) is 16.2 Å². The van der Waals surface area contributed by atoms with Crippen LogP contribution in [0.1, 0.15) is 17.3 Å². The average molecular weight is 280 g/mol. The van der Waals surface area contributed by atoms with Gasteiger partial charge in [0.1, 0.15) is 5.56 Å². The predicted molar refractivity (Wildman–Crippen MR) is 79.7 cm³/mol. The molecule has 0 spiro atoms. The molecule has 0 amide bonds. The highest BCUT2D eigenvalue weighted by molar-refractivity contribution is 6.06. The summed E-state index contributed by atoms with van der Waals surface area (Å²) < 4.78 is 5.15. The van der Waals surface area contributed by atoms with Gasteiger partial charge in [-0.05, 0) is 34.4 Å². The lowest BCUT2D eigenvalue weighted by Crippen LogP contribution is -2.07. The number of esters is 1. The van der Waals surface area contributed by atoms with Crippen LogP contribution >= 0.6 is 0 Å². The summed E-state index contributed by atoms with van der Waals surface area (Å²) in [6, 6.07) is 14.7. The van der Waals surface area contributed by atoms with Crippen molar-refractivity contribution in [3.8, 4) is 5.75 Å². The smallest absolute Gasteiger partial charge is 0.339 e. The van der Waals surface area contributed by atoms with Gasteiger partial charge >= 0.3 is 11.9 Å². The van der Waals surface area contributed by atoms with Gasteiger partial charge in [0.2, 0.25) is 0 Å². The van der Waals surface area contributed by atoms with E-state index in [0.29, 0.717) is 5.39 Å². The maximum absolute atomic E-state index is 11.3.